The molecule has 0 unspecified atom stereocenters. The smallest absolute Gasteiger partial charge is 0.342 e. The second-order valence-corrected chi connectivity index (χ2v) is 3.61. The fourth-order valence-electron chi connectivity index (χ4n) is 1.66. The predicted octanol–water partition coefficient (Wildman–Crippen LogP) is 2.10. The molecule has 1 saturated heterocycles. The van der Waals surface area contributed by atoms with Crippen LogP contribution in [0.15, 0.2) is 5.11 Å². The van der Waals surface area contributed by atoms with E-state index in [-0.39, 0.29) is 13.0 Å². The highest BCUT2D eigenvalue weighted by molar-refractivity contribution is 5.78. The van der Waals surface area contributed by atoms with Crippen LogP contribution in [-0.2, 0) is 4.79 Å². The first-order valence-electron chi connectivity index (χ1n) is 4.80. The average Bonchev–Trinajstić information content (AvgIpc) is 2.25. The van der Waals surface area contributed by atoms with Gasteiger partial charge in [0, 0.05) is 18.0 Å². The van der Waals surface area contributed by atoms with Crippen LogP contribution in [0.2, 0.25) is 0 Å². The summed E-state index contributed by atoms with van der Waals surface area (Å²) in [5, 5.41) is 3.04. The topological polar surface area (TPSA) is 69.1 Å². The first-order valence-corrected chi connectivity index (χ1v) is 4.80. The maximum absolute atomic E-state index is 12.4. The number of amides is 1. The molecule has 0 aromatic heterocycles. The molecule has 0 aliphatic carbocycles. The van der Waals surface area contributed by atoms with E-state index in [0.29, 0.717) is 13.0 Å². The van der Waals surface area contributed by atoms with Gasteiger partial charge in [-0.3, -0.25) is 4.79 Å². The van der Waals surface area contributed by atoms with Crippen LogP contribution in [0, 0.1) is 5.92 Å². The van der Waals surface area contributed by atoms with E-state index >= 15 is 0 Å². The third-order valence-electron chi connectivity index (χ3n) is 2.51. The molecule has 0 aromatic carbocycles. The Balaban J connectivity index is 2.56. The largest absolute Gasteiger partial charge is 0.393 e. The highest BCUT2D eigenvalue weighted by Gasteiger charge is 2.42. The summed E-state index contributed by atoms with van der Waals surface area (Å²) in [5.41, 5.74) is 8.00. The van der Waals surface area contributed by atoms with Gasteiger partial charge in [-0.05, 0) is 18.4 Å². The zero-order valence-corrected chi connectivity index (χ0v) is 8.44. The van der Waals surface area contributed by atoms with Gasteiger partial charge in [0.15, 0.2) is 0 Å². The number of hydrogen-bond donors (Lipinski definition) is 0. The van der Waals surface area contributed by atoms with E-state index in [2.05, 4.69) is 10.0 Å². The fraction of sp³-hybridized carbons (Fsp3) is 0.875. The predicted molar refractivity (Wildman–Crippen MR) is 49.4 cm³/mol. The highest BCUT2D eigenvalue weighted by Crippen LogP contribution is 2.33. The van der Waals surface area contributed by atoms with E-state index in [1.165, 1.54) is 0 Å². The lowest BCUT2D eigenvalue weighted by Crippen LogP contribution is -2.45. The molecule has 16 heavy (non-hydrogen) atoms. The summed E-state index contributed by atoms with van der Waals surface area (Å²) in [5.74, 6) is -2.01. The molecule has 1 rings (SSSR count). The van der Waals surface area contributed by atoms with E-state index in [9.17, 15) is 18.0 Å². The molecule has 1 heterocycles. The van der Waals surface area contributed by atoms with Crippen molar-refractivity contribution in [2.24, 2.45) is 11.0 Å². The van der Waals surface area contributed by atoms with Crippen molar-refractivity contribution in [1.29, 1.82) is 0 Å². The quantitative estimate of drug-likeness (QED) is 0.411. The van der Waals surface area contributed by atoms with Crippen molar-refractivity contribution in [3.05, 3.63) is 10.4 Å². The van der Waals surface area contributed by atoms with E-state index < -0.39 is 24.5 Å². The molecule has 0 N–H and O–H groups in total. The molecule has 0 radical (unpaired) electrons. The second-order valence-electron chi connectivity index (χ2n) is 3.61. The van der Waals surface area contributed by atoms with Crippen LogP contribution in [0.3, 0.4) is 0 Å². The van der Waals surface area contributed by atoms with Crippen molar-refractivity contribution < 1.29 is 18.0 Å². The third-order valence-corrected chi connectivity index (χ3v) is 2.51. The lowest BCUT2D eigenvalue weighted by Gasteiger charge is -2.33. The zero-order valence-electron chi connectivity index (χ0n) is 8.44. The second kappa shape index (κ2) is 5.07. The van der Waals surface area contributed by atoms with Gasteiger partial charge in [-0.15, -0.1) is 0 Å². The number of halogens is 3. The third kappa shape index (κ3) is 3.30. The maximum atomic E-state index is 12.4. The van der Waals surface area contributed by atoms with Gasteiger partial charge in [0.25, 0.3) is 0 Å². The minimum Gasteiger partial charge on any atom is -0.342 e. The van der Waals surface area contributed by atoms with Gasteiger partial charge in [0.1, 0.15) is 6.54 Å². The molecule has 1 fully saturated rings. The summed E-state index contributed by atoms with van der Waals surface area (Å²) in [6, 6.07) is 0. The lowest BCUT2D eigenvalue weighted by molar-refractivity contribution is -0.187. The normalized spacial score (nSPS) is 21.4. The lowest BCUT2D eigenvalue weighted by atomic mass is 9.97. The molecule has 0 saturated carbocycles. The van der Waals surface area contributed by atoms with Crippen molar-refractivity contribution >= 4 is 5.91 Å². The summed E-state index contributed by atoms with van der Waals surface area (Å²) >= 11 is 0. The molecule has 8 heteroatoms. The Kier molecular flexibility index (Phi) is 4.00. The van der Waals surface area contributed by atoms with Crippen molar-refractivity contribution in [1.82, 2.24) is 4.90 Å². The Morgan fingerprint density at radius 1 is 1.56 bits per heavy atom. The Hall–Kier alpha value is -1.43. The SMILES string of the molecule is [N-]=[N+]=NCC(=O)N1CCC[C@@H](C(F)(F)F)C1. The van der Waals surface area contributed by atoms with E-state index in [1.54, 1.807) is 0 Å². The van der Waals surface area contributed by atoms with E-state index in [1.807, 2.05) is 0 Å². The van der Waals surface area contributed by atoms with Gasteiger partial charge in [-0.25, -0.2) is 0 Å². The number of carbonyl (C=O) groups is 1. The molecule has 1 aliphatic heterocycles. The molecule has 0 aromatic rings. The molecule has 0 bridgehead atoms. The zero-order chi connectivity index (χ0) is 12.2. The number of hydrogen-bond acceptors (Lipinski definition) is 2. The first-order chi connectivity index (χ1) is 7.45. The van der Waals surface area contributed by atoms with Crippen molar-refractivity contribution in [3.8, 4) is 0 Å². The number of rotatable bonds is 2. The van der Waals surface area contributed by atoms with Gasteiger partial charge < -0.3 is 4.90 Å². The minimum absolute atomic E-state index is 0.0504. The van der Waals surface area contributed by atoms with Gasteiger partial charge in [0.05, 0.1) is 5.92 Å². The van der Waals surface area contributed by atoms with Crippen molar-refractivity contribution in [2.45, 2.75) is 19.0 Å². The molecular weight excluding hydrogens is 225 g/mol. The first kappa shape index (κ1) is 12.6. The van der Waals surface area contributed by atoms with Gasteiger partial charge in [0.2, 0.25) is 5.91 Å². The molecular formula is C8H11F3N4O. The molecule has 90 valence electrons. The maximum Gasteiger partial charge on any atom is 0.393 e. The van der Waals surface area contributed by atoms with Crippen LogP contribution in [-0.4, -0.2) is 36.6 Å². The fourth-order valence-corrected chi connectivity index (χ4v) is 1.66. The Bertz CT molecular complexity index is 311. The highest BCUT2D eigenvalue weighted by atomic mass is 19.4. The molecule has 1 aliphatic rings. The average molecular weight is 236 g/mol. The van der Waals surface area contributed by atoms with E-state index in [4.69, 9.17) is 5.53 Å². The van der Waals surface area contributed by atoms with Crippen LogP contribution < -0.4 is 0 Å². The van der Waals surface area contributed by atoms with Gasteiger partial charge >= 0.3 is 6.18 Å². The number of likely N-dealkylation sites (tertiary alicyclic amines) is 1. The minimum atomic E-state index is -4.27. The molecule has 1 amide bonds. The van der Waals surface area contributed by atoms with Crippen LogP contribution in [0.25, 0.3) is 10.4 Å². The van der Waals surface area contributed by atoms with Crippen molar-refractivity contribution in [2.75, 3.05) is 19.6 Å². The van der Waals surface area contributed by atoms with Crippen molar-refractivity contribution in [3.63, 3.8) is 0 Å². The summed E-state index contributed by atoms with van der Waals surface area (Å²) in [4.78, 5) is 14.8. The molecule has 0 spiro atoms. The Morgan fingerprint density at radius 2 is 2.25 bits per heavy atom. The number of nitrogens with zero attached hydrogens (tertiary/aromatic N) is 4. The van der Waals surface area contributed by atoms with E-state index in [0.717, 1.165) is 4.90 Å². The van der Waals surface area contributed by atoms with Crippen LogP contribution in [0.4, 0.5) is 13.2 Å². The number of azide groups is 1. The summed E-state index contributed by atoms with van der Waals surface area (Å²) < 4.78 is 37.2. The number of alkyl halides is 3. The van der Waals surface area contributed by atoms with Gasteiger partial charge in [-0.2, -0.15) is 13.2 Å². The summed E-state index contributed by atoms with van der Waals surface area (Å²) in [6.45, 7) is -0.448. The monoisotopic (exact) mass is 236 g/mol. The van der Waals surface area contributed by atoms with Crippen LogP contribution in [0.1, 0.15) is 12.8 Å². The van der Waals surface area contributed by atoms with Crippen LogP contribution >= 0.6 is 0 Å². The Morgan fingerprint density at radius 3 is 2.81 bits per heavy atom. The Labute approximate surface area is 89.8 Å². The molecule has 1 atom stereocenters. The molecule has 5 nitrogen and oxygen atoms in total. The number of piperidine rings is 1. The summed E-state index contributed by atoms with van der Waals surface area (Å²) in [6.07, 6.45) is -3.89. The summed E-state index contributed by atoms with van der Waals surface area (Å²) in [7, 11) is 0. The standard InChI is InChI=1S/C8H11F3N4O/c9-8(10,11)6-2-1-3-15(5-6)7(16)4-13-14-12/h6H,1-5H2/t6-/m1/s1. The number of carbonyl (C=O) groups excluding carboxylic acids is 1. The van der Waals surface area contributed by atoms with Crippen LogP contribution in [0.5, 0.6) is 0 Å². The van der Waals surface area contributed by atoms with Gasteiger partial charge in [-0.1, -0.05) is 5.11 Å².